The maximum atomic E-state index is 13.5. The summed E-state index contributed by atoms with van der Waals surface area (Å²) in [7, 11) is 0. The fraction of sp³-hybridized carbons (Fsp3) is 0.115. The summed E-state index contributed by atoms with van der Waals surface area (Å²) in [6, 6.07) is 25.7. The topological polar surface area (TPSA) is 73.2 Å². The van der Waals surface area contributed by atoms with Crippen molar-refractivity contribution in [3.05, 3.63) is 106 Å². The Balaban J connectivity index is 1.72. The minimum absolute atomic E-state index is 0.101. The van der Waals surface area contributed by atoms with Gasteiger partial charge in [0, 0.05) is 16.4 Å². The molecule has 1 saturated heterocycles. The van der Waals surface area contributed by atoms with E-state index in [-0.39, 0.29) is 11.5 Å². The Morgan fingerprint density at radius 2 is 1.73 bits per heavy atom. The molecule has 2 amide bonds. The van der Waals surface area contributed by atoms with Crippen LogP contribution in [0.2, 0.25) is 5.02 Å². The van der Waals surface area contributed by atoms with Gasteiger partial charge in [0.25, 0.3) is 5.91 Å². The second-order valence-corrected chi connectivity index (χ2v) is 9.19. The van der Waals surface area contributed by atoms with Crippen LogP contribution in [0.15, 0.2) is 89.5 Å². The van der Waals surface area contributed by atoms with Crippen LogP contribution in [-0.2, 0) is 16.0 Å². The van der Waals surface area contributed by atoms with Gasteiger partial charge in [-0.15, -0.1) is 0 Å². The number of nitriles is 1. The molecule has 0 unspecified atom stereocenters. The highest BCUT2D eigenvalue weighted by molar-refractivity contribution is 8.05. The number of nitrogens with one attached hydrogen (secondary N) is 1. The summed E-state index contributed by atoms with van der Waals surface area (Å²) in [5.41, 5.74) is 3.08. The van der Waals surface area contributed by atoms with Crippen molar-refractivity contribution in [3.63, 3.8) is 0 Å². The van der Waals surface area contributed by atoms with Gasteiger partial charge in [0.2, 0.25) is 5.91 Å². The van der Waals surface area contributed by atoms with Gasteiger partial charge in [-0.2, -0.15) is 5.26 Å². The molecule has 1 fully saturated rings. The van der Waals surface area contributed by atoms with Crippen LogP contribution in [-0.4, -0.2) is 17.1 Å². The lowest BCUT2D eigenvalue weighted by atomic mass is 10.1. The van der Waals surface area contributed by atoms with Crippen molar-refractivity contribution in [2.24, 2.45) is 0 Å². The lowest BCUT2D eigenvalue weighted by Crippen LogP contribution is -2.30. The number of nitrogens with zero attached hydrogens (tertiary/aromatic N) is 2. The van der Waals surface area contributed by atoms with Crippen molar-refractivity contribution in [2.45, 2.75) is 18.6 Å². The minimum atomic E-state index is -0.553. The summed E-state index contributed by atoms with van der Waals surface area (Å²) in [6.07, 6.45) is 0.450. The summed E-state index contributed by atoms with van der Waals surface area (Å²) in [5.74, 6) is -0.725. The molecule has 0 saturated carbocycles. The van der Waals surface area contributed by atoms with Crippen LogP contribution < -0.4 is 10.2 Å². The third kappa shape index (κ3) is 5.11. The Labute approximate surface area is 201 Å². The molecule has 3 aromatic carbocycles. The van der Waals surface area contributed by atoms with Crippen LogP contribution in [0.25, 0.3) is 0 Å². The second-order valence-electron chi connectivity index (χ2n) is 7.56. The molecule has 0 radical (unpaired) electrons. The van der Waals surface area contributed by atoms with E-state index in [1.54, 1.807) is 36.4 Å². The molecule has 0 aliphatic carbocycles. The van der Waals surface area contributed by atoms with E-state index in [0.29, 0.717) is 27.8 Å². The molecule has 1 aliphatic heterocycles. The summed E-state index contributed by atoms with van der Waals surface area (Å²) >= 11 is 7.23. The summed E-state index contributed by atoms with van der Waals surface area (Å²) in [4.78, 5) is 28.0. The number of halogens is 1. The first-order valence-corrected chi connectivity index (χ1v) is 11.5. The standard InChI is InChI=1S/C26H20ClN3O2S/c1-17-7-13-21(14-8-17)30-25(32)23(15-18-9-11-19(27)12-10-18)33-26(30)22(16-28)24(31)29-20-5-3-2-4-6-20/h2-14,23H,15H2,1H3,(H,29,31)/b26-22-/t23-/m1/s1. The smallest absolute Gasteiger partial charge is 0.269 e. The molecule has 33 heavy (non-hydrogen) atoms. The first-order valence-electron chi connectivity index (χ1n) is 10.3. The molecule has 1 heterocycles. The van der Waals surface area contributed by atoms with Crippen LogP contribution >= 0.6 is 23.4 Å². The average molecular weight is 474 g/mol. The number of carbonyl (C=O) groups is 2. The van der Waals surface area contributed by atoms with Crippen LogP contribution in [0.1, 0.15) is 11.1 Å². The Bertz CT molecular complexity index is 1250. The van der Waals surface area contributed by atoms with Gasteiger partial charge in [0.05, 0.1) is 5.25 Å². The number of benzene rings is 3. The second kappa shape index (κ2) is 9.95. The van der Waals surface area contributed by atoms with Crippen LogP contribution in [0.3, 0.4) is 0 Å². The van der Waals surface area contributed by atoms with Gasteiger partial charge < -0.3 is 5.32 Å². The minimum Gasteiger partial charge on any atom is -0.321 e. The molecule has 164 valence electrons. The number of thioether (sulfide) groups is 1. The number of aryl methyl sites for hydroxylation is 1. The molecule has 5 nitrogen and oxygen atoms in total. The predicted molar refractivity (Wildman–Crippen MR) is 133 cm³/mol. The van der Waals surface area contributed by atoms with E-state index in [2.05, 4.69) is 5.32 Å². The van der Waals surface area contributed by atoms with Crippen LogP contribution in [0.5, 0.6) is 0 Å². The van der Waals surface area contributed by atoms with E-state index in [4.69, 9.17) is 11.6 Å². The van der Waals surface area contributed by atoms with E-state index >= 15 is 0 Å². The van der Waals surface area contributed by atoms with Crippen molar-refractivity contribution < 1.29 is 9.59 Å². The van der Waals surface area contributed by atoms with E-state index in [9.17, 15) is 14.9 Å². The van der Waals surface area contributed by atoms with E-state index in [1.165, 1.54) is 16.7 Å². The first kappa shape index (κ1) is 22.7. The van der Waals surface area contributed by atoms with Gasteiger partial charge >= 0.3 is 0 Å². The maximum Gasteiger partial charge on any atom is 0.269 e. The monoisotopic (exact) mass is 473 g/mol. The zero-order valence-electron chi connectivity index (χ0n) is 17.8. The highest BCUT2D eigenvalue weighted by atomic mass is 35.5. The molecular formula is C26H20ClN3O2S. The Morgan fingerprint density at radius 3 is 2.36 bits per heavy atom. The number of rotatable bonds is 5. The van der Waals surface area contributed by atoms with E-state index < -0.39 is 11.2 Å². The number of carbonyl (C=O) groups excluding carboxylic acids is 2. The van der Waals surface area contributed by atoms with Crippen molar-refractivity contribution in [3.8, 4) is 6.07 Å². The van der Waals surface area contributed by atoms with Gasteiger partial charge in [-0.3, -0.25) is 14.5 Å². The van der Waals surface area contributed by atoms with Crippen molar-refractivity contribution in [1.29, 1.82) is 5.26 Å². The fourth-order valence-electron chi connectivity index (χ4n) is 3.47. The van der Waals surface area contributed by atoms with Gasteiger partial charge in [0.1, 0.15) is 16.7 Å². The third-order valence-electron chi connectivity index (χ3n) is 5.16. The Kier molecular flexibility index (Phi) is 6.83. The largest absolute Gasteiger partial charge is 0.321 e. The average Bonchev–Trinajstić information content (AvgIpc) is 3.12. The van der Waals surface area contributed by atoms with Crippen molar-refractivity contribution in [1.82, 2.24) is 0 Å². The van der Waals surface area contributed by atoms with E-state index in [0.717, 1.165) is 11.1 Å². The number of para-hydroxylation sites is 1. The zero-order valence-corrected chi connectivity index (χ0v) is 19.4. The van der Waals surface area contributed by atoms with Gasteiger partial charge in [-0.1, -0.05) is 71.4 Å². The number of amides is 2. The zero-order chi connectivity index (χ0) is 23.4. The molecule has 0 aromatic heterocycles. The van der Waals surface area contributed by atoms with Crippen LogP contribution in [0, 0.1) is 18.3 Å². The highest BCUT2D eigenvalue weighted by Gasteiger charge is 2.40. The lowest BCUT2D eigenvalue weighted by molar-refractivity contribution is -0.117. The number of anilines is 2. The van der Waals surface area contributed by atoms with Gasteiger partial charge in [-0.25, -0.2) is 0 Å². The molecule has 0 spiro atoms. The first-order chi connectivity index (χ1) is 16.0. The predicted octanol–water partition coefficient (Wildman–Crippen LogP) is 5.71. The molecule has 4 rings (SSSR count). The summed E-state index contributed by atoms with van der Waals surface area (Å²) < 4.78 is 0. The highest BCUT2D eigenvalue weighted by Crippen LogP contribution is 2.42. The van der Waals surface area contributed by atoms with Crippen molar-refractivity contribution >= 4 is 46.6 Å². The normalized spacial score (nSPS) is 16.9. The maximum absolute atomic E-state index is 13.5. The molecule has 3 aromatic rings. The molecule has 1 aliphatic rings. The van der Waals surface area contributed by atoms with Gasteiger partial charge in [-0.05, 0) is 55.3 Å². The van der Waals surface area contributed by atoms with Gasteiger partial charge in [0.15, 0.2) is 0 Å². The van der Waals surface area contributed by atoms with E-state index in [1.807, 2.05) is 55.5 Å². The molecule has 1 atom stereocenters. The Morgan fingerprint density at radius 1 is 1.06 bits per heavy atom. The molecular weight excluding hydrogens is 454 g/mol. The SMILES string of the molecule is Cc1ccc(N2C(=O)[C@@H](Cc3ccc(Cl)cc3)S/C2=C(/C#N)C(=O)Nc2ccccc2)cc1. The third-order valence-corrected chi connectivity index (χ3v) is 6.68. The van der Waals surface area contributed by atoms with Crippen LogP contribution in [0.4, 0.5) is 11.4 Å². The van der Waals surface area contributed by atoms with Crippen molar-refractivity contribution in [2.75, 3.05) is 10.2 Å². The molecule has 7 heteroatoms. The summed E-state index contributed by atoms with van der Waals surface area (Å²) in [6.45, 7) is 1.96. The fourth-order valence-corrected chi connectivity index (χ4v) is 4.90. The Hall–Kier alpha value is -3.53. The number of hydrogen-bond acceptors (Lipinski definition) is 4. The quantitative estimate of drug-likeness (QED) is 0.380. The number of hydrogen-bond donors (Lipinski definition) is 1. The molecule has 0 bridgehead atoms. The molecule has 1 N–H and O–H groups in total. The summed E-state index contributed by atoms with van der Waals surface area (Å²) in [5, 5.41) is 13.1. The lowest BCUT2D eigenvalue weighted by Gasteiger charge is -2.19.